The van der Waals surface area contributed by atoms with Crippen LogP contribution in [0.1, 0.15) is 49.0 Å². The number of nitrogens with one attached hydrogen (secondary N) is 1. The van der Waals surface area contributed by atoms with Gasteiger partial charge in [0.25, 0.3) is 5.69 Å². The summed E-state index contributed by atoms with van der Waals surface area (Å²) in [4.78, 5) is 21.2. The van der Waals surface area contributed by atoms with E-state index in [0.29, 0.717) is 34.8 Å². The fourth-order valence-electron chi connectivity index (χ4n) is 3.91. The lowest BCUT2D eigenvalue weighted by Gasteiger charge is -2.18. The molecule has 2 aromatic carbocycles. The van der Waals surface area contributed by atoms with Gasteiger partial charge in [0.1, 0.15) is 17.3 Å². The molecule has 2 aromatic rings. The van der Waals surface area contributed by atoms with Gasteiger partial charge in [-0.15, -0.1) is 0 Å². The van der Waals surface area contributed by atoms with Crippen LogP contribution in [0.5, 0.6) is 0 Å². The first kappa shape index (κ1) is 29.2. The van der Waals surface area contributed by atoms with Crippen LogP contribution in [0.15, 0.2) is 27.1 Å². The molecule has 2 aliphatic rings. The van der Waals surface area contributed by atoms with Gasteiger partial charge in [0, 0.05) is 36.1 Å². The quantitative estimate of drug-likeness (QED) is 0.160. The largest absolute Gasteiger partial charge is 0.471 e. The number of nitro groups is 1. The Bertz CT molecular complexity index is 1190. The fourth-order valence-corrected chi connectivity index (χ4v) is 4.69. The van der Waals surface area contributed by atoms with Crippen molar-refractivity contribution in [1.82, 2.24) is 0 Å². The monoisotopic (exact) mass is 659 g/mol. The normalized spacial score (nSPS) is 19.3. The van der Waals surface area contributed by atoms with Crippen LogP contribution < -0.4 is 11.1 Å². The highest BCUT2D eigenvalue weighted by Gasteiger charge is 2.41. The second-order valence-electron chi connectivity index (χ2n) is 8.06. The van der Waals surface area contributed by atoms with Crippen molar-refractivity contribution in [2.75, 3.05) is 24.3 Å². The van der Waals surface area contributed by atoms with E-state index in [1.165, 1.54) is 5.32 Å². The molecule has 2 atom stereocenters. The minimum Gasteiger partial charge on any atom is -0.398 e. The molecule has 15 heteroatoms. The Balaban J connectivity index is 0.000000231. The molecule has 2 aliphatic heterocycles. The SMILES string of the molecule is Nc1ccc(Br)c(F)c1C1CCCO1.O=C(Nc1c([N+](=O)[O-])cc(Br)c(F)c1C1CCCO1)C(F)(F)F. The van der Waals surface area contributed by atoms with Gasteiger partial charge in [-0.25, -0.2) is 8.78 Å². The lowest BCUT2D eigenvalue weighted by atomic mass is 10.0. The minimum absolute atomic E-state index is 0.174. The molecule has 2 heterocycles. The van der Waals surface area contributed by atoms with Gasteiger partial charge in [-0.3, -0.25) is 14.9 Å². The summed E-state index contributed by atoms with van der Waals surface area (Å²) in [6, 6.07) is 4.01. The van der Waals surface area contributed by atoms with E-state index in [1.807, 2.05) is 0 Å². The second kappa shape index (κ2) is 12.0. The maximum atomic E-state index is 14.3. The Morgan fingerprint density at radius 3 is 2.05 bits per heavy atom. The third kappa shape index (κ3) is 6.75. The Hall–Kier alpha value is -2.36. The highest BCUT2D eigenvalue weighted by Crippen LogP contribution is 2.43. The molecule has 0 saturated carbocycles. The molecule has 0 aromatic heterocycles. The minimum atomic E-state index is -5.27. The van der Waals surface area contributed by atoms with E-state index < -0.39 is 45.9 Å². The Labute approximate surface area is 224 Å². The summed E-state index contributed by atoms with van der Waals surface area (Å²) in [6.45, 7) is 0.924. The summed E-state index contributed by atoms with van der Waals surface area (Å²) in [7, 11) is 0. The number of nitrogens with zero attached hydrogens (tertiary/aromatic N) is 1. The molecule has 0 aliphatic carbocycles. The lowest BCUT2D eigenvalue weighted by Crippen LogP contribution is -2.31. The number of nitrogen functional groups attached to an aromatic ring is 1. The number of nitro benzene ring substituents is 1. The first-order chi connectivity index (χ1) is 17.3. The summed E-state index contributed by atoms with van der Waals surface area (Å²) >= 11 is 5.92. The van der Waals surface area contributed by atoms with Crippen molar-refractivity contribution in [1.29, 1.82) is 0 Å². The highest BCUT2D eigenvalue weighted by molar-refractivity contribution is 9.10. The number of carbonyl (C=O) groups is 1. The zero-order valence-corrected chi connectivity index (χ0v) is 22.0. The number of alkyl halides is 3. The number of anilines is 2. The van der Waals surface area contributed by atoms with E-state index in [0.717, 1.165) is 12.8 Å². The molecule has 0 spiro atoms. The molecule has 37 heavy (non-hydrogen) atoms. The molecule has 2 saturated heterocycles. The Kier molecular flexibility index (Phi) is 9.47. The van der Waals surface area contributed by atoms with Crippen LogP contribution in [-0.4, -0.2) is 30.2 Å². The summed E-state index contributed by atoms with van der Waals surface area (Å²) in [6.07, 6.45) is -3.84. The Morgan fingerprint density at radius 2 is 1.57 bits per heavy atom. The predicted octanol–water partition coefficient (Wildman–Crippen LogP) is 6.87. The molecule has 3 N–H and O–H groups in total. The average Bonchev–Trinajstić information content (AvgIpc) is 3.53. The van der Waals surface area contributed by atoms with Crippen molar-refractivity contribution < 1.29 is 41.1 Å². The molecule has 8 nitrogen and oxygen atoms in total. The van der Waals surface area contributed by atoms with Crippen LogP contribution >= 0.6 is 31.9 Å². The van der Waals surface area contributed by atoms with E-state index >= 15 is 0 Å². The van der Waals surface area contributed by atoms with Gasteiger partial charge < -0.3 is 20.5 Å². The van der Waals surface area contributed by atoms with Crippen molar-refractivity contribution in [3.8, 4) is 0 Å². The van der Waals surface area contributed by atoms with E-state index in [1.54, 1.807) is 12.1 Å². The van der Waals surface area contributed by atoms with Crippen LogP contribution in [0.3, 0.4) is 0 Å². The maximum absolute atomic E-state index is 14.3. The van der Waals surface area contributed by atoms with Crippen molar-refractivity contribution in [2.45, 2.75) is 44.1 Å². The number of hydrogen-bond acceptors (Lipinski definition) is 6. The summed E-state index contributed by atoms with van der Waals surface area (Å²) in [5, 5.41) is 12.5. The smallest absolute Gasteiger partial charge is 0.398 e. The number of hydrogen-bond donors (Lipinski definition) is 2. The maximum Gasteiger partial charge on any atom is 0.471 e. The third-order valence-corrected chi connectivity index (χ3v) is 6.79. The van der Waals surface area contributed by atoms with Crippen LogP contribution in [-0.2, 0) is 14.3 Å². The number of carbonyl (C=O) groups excluding carboxylic acids is 1. The lowest BCUT2D eigenvalue weighted by molar-refractivity contribution is -0.384. The van der Waals surface area contributed by atoms with Gasteiger partial charge >= 0.3 is 12.1 Å². The van der Waals surface area contributed by atoms with Gasteiger partial charge in [-0.1, -0.05) is 0 Å². The number of ether oxygens (including phenoxy) is 2. The molecule has 2 fully saturated rings. The van der Waals surface area contributed by atoms with Gasteiger partial charge in [0.15, 0.2) is 0 Å². The van der Waals surface area contributed by atoms with Crippen molar-refractivity contribution in [3.05, 3.63) is 60.0 Å². The topological polar surface area (TPSA) is 117 Å². The third-order valence-electron chi connectivity index (χ3n) is 5.60. The molecule has 202 valence electrons. The van der Waals surface area contributed by atoms with Gasteiger partial charge in [-0.2, -0.15) is 13.2 Å². The average molecular weight is 661 g/mol. The van der Waals surface area contributed by atoms with Crippen molar-refractivity contribution in [3.63, 3.8) is 0 Å². The number of amides is 1. The van der Waals surface area contributed by atoms with Gasteiger partial charge in [0.05, 0.1) is 26.1 Å². The van der Waals surface area contributed by atoms with E-state index in [-0.39, 0.29) is 29.4 Å². The number of nitrogens with two attached hydrogens (primary N) is 1. The molecule has 2 unspecified atom stereocenters. The summed E-state index contributed by atoms with van der Waals surface area (Å²) in [5.41, 5.74) is 4.52. The molecular formula is C22H20Br2F5N3O5. The number of benzene rings is 2. The fraction of sp³-hybridized carbons (Fsp3) is 0.409. The highest BCUT2D eigenvalue weighted by atomic mass is 79.9. The van der Waals surface area contributed by atoms with Crippen LogP contribution in [0.2, 0.25) is 0 Å². The molecule has 4 rings (SSSR count). The van der Waals surface area contributed by atoms with Crippen LogP contribution in [0, 0.1) is 21.7 Å². The summed E-state index contributed by atoms with van der Waals surface area (Å²) in [5.74, 6) is -3.74. The first-order valence-corrected chi connectivity index (χ1v) is 12.4. The Morgan fingerprint density at radius 1 is 1.03 bits per heavy atom. The zero-order valence-electron chi connectivity index (χ0n) is 18.8. The van der Waals surface area contributed by atoms with Gasteiger partial charge in [-0.05, 0) is 69.7 Å². The molecule has 1 amide bonds. The van der Waals surface area contributed by atoms with E-state index in [2.05, 4.69) is 31.9 Å². The number of rotatable bonds is 4. The predicted molar refractivity (Wildman–Crippen MR) is 130 cm³/mol. The molecular weight excluding hydrogens is 641 g/mol. The van der Waals surface area contributed by atoms with E-state index in [9.17, 15) is 36.9 Å². The molecule has 0 bridgehead atoms. The summed E-state index contributed by atoms with van der Waals surface area (Å²) < 4.78 is 76.1. The van der Waals surface area contributed by atoms with E-state index in [4.69, 9.17) is 15.2 Å². The first-order valence-electron chi connectivity index (χ1n) is 10.8. The van der Waals surface area contributed by atoms with Crippen molar-refractivity contribution >= 4 is 54.8 Å². The van der Waals surface area contributed by atoms with Crippen LogP contribution in [0.4, 0.5) is 39.0 Å². The standard InChI is InChI=1S/C12H9BrF4N2O4.C10H11BrFNO/c13-5-4-6(19(21)22)10(18-11(20)12(15,16)17)8(9(5)14)7-2-1-3-23-7;11-6-3-4-7(13)9(10(6)12)8-2-1-5-14-8/h4,7H,1-3H2,(H,18,20);3-4,8H,1-2,5,13H2. The number of halogens is 7. The van der Waals surface area contributed by atoms with Crippen molar-refractivity contribution in [2.24, 2.45) is 0 Å². The van der Waals surface area contributed by atoms with Gasteiger partial charge in [0.2, 0.25) is 0 Å². The second-order valence-corrected chi connectivity index (χ2v) is 9.77. The zero-order chi connectivity index (χ0) is 27.5. The van der Waals surface area contributed by atoms with Crippen LogP contribution in [0.25, 0.3) is 0 Å². The molecule has 0 radical (unpaired) electrons.